The molecule has 2 aromatic heterocycles. The number of likely N-dealkylation sites (tertiary alicyclic amines) is 1. The predicted molar refractivity (Wildman–Crippen MR) is 85.5 cm³/mol. The van der Waals surface area contributed by atoms with E-state index in [9.17, 15) is 4.79 Å². The number of nitrogens with zero attached hydrogens (tertiary/aromatic N) is 4. The minimum atomic E-state index is 0.0502. The summed E-state index contributed by atoms with van der Waals surface area (Å²) in [5, 5.41) is 1.81. The molecule has 0 aromatic carbocycles. The lowest BCUT2D eigenvalue weighted by atomic mass is 9.95. The highest BCUT2D eigenvalue weighted by molar-refractivity contribution is 7.07. The average molecular weight is 317 g/mol. The Bertz CT molecular complexity index is 613. The van der Waals surface area contributed by atoms with Crippen LogP contribution in [0.3, 0.4) is 0 Å². The Morgan fingerprint density at radius 3 is 2.91 bits per heavy atom. The Morgan fingerprint density at radius 2 is 2.18 bits per heavy atom. The second kappa shape index (κ2) is 6.83. The van der Waals surface area contributed by atoms with Gasteiger partial charge in [0.25, 0.3) is 5.91 Å². The van der Waals surface area contributed by atoms with E-state index in [0.717, 1.165) is 44.5 Å². The molecule has 1 aliphatic heterocycles. The maximum atomic E-state index is 12.3. The first-order chi connectivity index (χ1) is 10.7. The van der Waals surface area contributed by atoms with Crippen LogP contribution in [-0.2, 0) is 6.42 Å². The van der Waals surface area contributed by atoms with Crippen molar-refractivity contribution in [3.05, 3.63) is 34.7 Å². The number of carbonyl (C=O) groups excluding carboxylic acids is 1. The molecule has 1 aliphatic rings. The van der Waals surface area contributed by atoms with E-state index in [2.05, 4.69) is 15.0 Å². The quantitative estimate of drug-likeness (QED) is 0.936. The van der Waals surface area contributed by atoms with Crippen LogP contribution in [0.1, 0.15) is 35.4 Å². The van der Waals surface area contributed by atoms with E-state index in [1.165, 1.54) is 11.3 Å². The highest BCUT2D eigenvalue weighted by Crippen LogP contribution is 2.22. The van der Waals surface area contributed by atoms with Crippen LogP contribution in [0.25, 0.3) is 0 Å². The van der Waals surface area contributed by atoms with Crippen LogP contribution in [0.2, 0.25) is 0 Å². The fraction of sp³-hybridized carbons (Fsp3) is 0.467. The summed E-state index contributed by atoms with van der Waals surface area (Å²) in [7, 11) is 0. The van der Waals surface area contributed by atoms with Gasteiger partial charge >= 0.3 is 0 Å². The van der Waals surface area contributed by atoms with Crippen molar-refractivity contribution in [1.82, 2.24) is 19.9 Å². The molecular weight excluding hydrogens is 298 g/mol. The standard InChI is InChI=1S/C15H19N5OS/c16-14-8-17-12(7-18-14)6-11-2-1-4-20(5-3-11)15(21)13-9-22-10-19-13/h7-11H,1-6H2,(H2,16,18)/t11-/m0/s1. The van der Waals surface area contributed by atoms with Crippen molar-refractivity contribution in [2.24, 2.45) is 5.92 Å². The maximum Gasteiger partial charge on any atom is 0.273 e. The SMILES string of the molecule is Nc1cnc(C[C@H]2CCCN(C(=O)c3cscn3)CC2)cn1. The van der Waals surface area contributed by atoms with Crippen LogP contribution in [0.15, 0.2) is 23.3 Å². The van der Waals surface area contributed by atoms with E-state index in [1.54, 1.807) is 17.9 Å². The number of nitrogen functional groups attached to an aromatic ring is 1. The molecule has 0 aliphatic carbocycles. The van der Waals surface area contributed by atoms with Gasteiger partial charge < -0.3 is 10.6 Å². The minimum Gasteiger partial charge on any atom is -0.382 e. The largest absolute Gasteiger partial charge is 0.382 e. The first-order valence-corrected chi connectivity index (χ1v) is 8.40. The van der Waals surface area contributed by atoms with E-state index in [0.29, 0.717) is 17.4 Å². The lowest BCUT2D eigenvalue weighted by Crippen LogP contribution is -2.32. The van der Waals surface area contributed by atoms with Gasteiger partial charge in [0.15, 0.2) is 0 Å². The molecule has 2 N–H and O–H groups in total. The van der Waals surface area contributed by atoms with E-state index in [-0.39, 0.29) is 5.91 Å². The second-order valence-electron chi connectivity index (χ2n) is 5.60. The Morgan fingerprint density at radius 1 is 1.27 bits per heavy atom. The summed E-state index contributed by atoms with van der Waals surface area (Å²) < 4.78 is 0. The van der Waals surface area contributed by atoms with Gasteiger partial charge in [-0.2, -0.15) is 0 Å². The molecule has 1 atom stereocenters. The molecule has 0 saturated carbocycles. The Labute approximate surface area is 133 Å². The summed E-state index contributed by atoms with van der Waals surface area (Å²) in [6.45, 7) is 1.59. The topological polar surface area (TPSA) is 85.0 Å². The fourth-order valence-corrected chi connectivity index (χ4v) is 3.34. The third-order valence-corrected chi connectivity index (χ3v) is 4.60. The molecule has 7 heteroatoms. The van der Waals surface area contributed by atoms with Gasteiger partial charge in [-0.1, -0.05) is 0 Å². The molecule has 0 spiro atoms. The zero-order valence-corrected chi connectivity index (χ0v) is 13.1. The van der Waals surface area contributed by atoms with Gasteiger partial charge in [-0.05, 0) is 31.6 Å². The number of rotatable bonds is 3. The molecule has 3 rings (SSSR count). The number of amides is 1. The van der Waals surface area contributed by atoms with Crippen LogP contribution < -0.4 is 5.73 Å². The van der Waals surface area contributed by atoms with Crippen molar-refractivity contribution in [3.63, 3.8) is 0 Å². The van der Waals surface area contributed by atoms with Crippen molar-refractivity contribution in [3.8, 4) is 0 Å². The van der Waals surface area contributed by atoms with Crippen molar-refractivity contribution in [2.75, 3.05) is 18.8 Å². The van der Waals surface area contributed by atoms with Crippen LogP contribution in [-0.4, -0.2) is 38.8 Å². The molecule has 22 heavy (non-hydrogen) atoms. The van der Waals surface area contributed by atoms with Crippen LogP contribution in [0.5, 0.6) is 0 Å². The normalized spacial score (nSPS) is 18.9. The van der Waals surface area contributed by atoms with Gasteiger partial charge in [0.2, 0.25) is 0 Å². The van der Waals surface area contributed by atoms with Crippen molar-refractivity contribution in [2.45, 2.75) is 25.7 Å². The average Bonchev–Trinajstić information content (AvgIpc) is 2.96. The number of hydrogen-bond donors (Lipinski definition) is 1. The number of aromatic nitrogens is 3. The third-order valence-electron chi connectivity index (χ3n) is 4.01. The fourth-order valence-electron chi connectivity index (χ4n) is 2.82. The molecule has 0 unspecified atom stereocenters. The van der Waals surface area contributed by atoms with Gasteiger partial charge in [-0.15, -0.1) is 11.3 Å². The number of anilines is 1. The zero-order chi connectivity index (χ0) is 15.4. The van der Waals surface area contributed by atoms with Gasteiger partial charge in [0.05, 0.1) is 23.6 Å². The molecule has 0 radical (unpaired) electrons. The molecule has 1 amide bonds. The third kappa shape index (κ3) is 3.59. The van der Waals surface area contributed by atoms with E-state index in [1.807, 2.05) is 10.3 Å². The first kappa shape index (κ1) is 14.9. The summed E-state index contributed by atoms with van der Waals surface area (Å²) in [5.41, 5.74) is 8.80. The lowest BCUT2D eigenvalue weighted by Gasteiger charge is -2.19. The molecular formula is C15H19N5OS. The van der Waals surface area contributed by atoms with Crippen molar-refractivity contribution in [1.29, 1.82) is 0 Å². The number of hydrogen-bond acceptors (Lipinski definition) is 6. The van der Waals surface area contributed by atoms with Gasteiger partial charge in [0.1, 0.15) is 11.5 Å². The molecule has 1 fully saturated rings. The highest BCUT2D eigenvalue weighted by Gasteiger charge is 2.23. The van der Waals surface area contributed by atoms with Crippen LogP contribution in [0.4, 0.5) is 5.82 Å². The van der Waals surface area contributed by atoms with Crippen LogP contribution >= 0.6 is 11.3 Å². The first-order valence-electron chi connectivity index (χ1n) is 7.46. The number of carbonyl (C=O) groups is 1. The summed E-state index contributed by atoms with van der Waals surface area (Å²) in [6, 6.07) is 0. The Kier molecular flexibility index (Phi) is 4.62. The predicted octanol–water partition coefficient (Wildman–Crippen LogP) is 2.00. The van der Waals surface area contributed by atoms with Crippen LogP contribution in [0, 0.1) is 5.92 Å². The van der Waals surface area contributed by atoms with E-state index >= 15 is 0 Å². The van der Waals surface area contributed by atoms with E-state index < -0.39 is 0 Å². The molecule has 2 aromatic rings. The van der Waals surface area contributed by atoms with Crippen molar-refractivity contribution < 1.29 is 4.79 Å². The summed E-state index contributed by atoms with van der Waals surface area (Å²) in [6.07, 6.45) is 7.35. The molecule has 6 nitrogen and oxygen atoms in total. The summed E-state index contributed by atoms with van der Waals surface area (Å²) >= 11 is 1.46. The Hall–Kier alpha value is -2.02. The second-order valence-corrected chi connectivity index (χ2v) is 6.32. The number of thiazole rings is 1. The molecule has 1 saturated heterocycles. The molecule has 3 heterocycles. The van der Waals surface area contributed by atoms with Gasteiger partial charge in [-0.3, -0.25) is 9.78 Å². The summed E-state index contributed by atoms with van der Waals surface area (Å²) in [4.78, 5) is 26.8. The smallest absolute Gasteiger partial charge is 0.273 e. The lowest BCUT2D eigenvalue weighted by molar-refractivity contribution is 0.0755. The number of nitrogens with two attached hydrogens (primary N) is 1. The summed E-state index contributed by atoms with van der Waals surface area (Å²) in [5.74, 6) is 1.03. The molecule has 116 valence electrons. The zero-order valence-electron chi connectivity index (χ0n) is 12.3. The monoisotopic (exact) mass is 317 g/mol. The Balaban J connectivity index is 1.58. The van der Waals surface area contributed by atoms with E-state index in [4.69, 9.17) is 5.73 Å². The molecule has 0 bridgehead atoms. The van der Waals surface area contributed by atoms with Gasteiger partial charge in [0, 0.05) is 18.5 Å². The minimum absolute atomic E-state index is 0.0502. The van der Waals surface area contributed by atoms with Gasteiger partial charge in [-0.25, -0.2) is 9.97 Å². The maximum absolute atomic E-state index is 12.3. The highest BCUT2D eigenvalue weighted by atomic mass is 32.1. The van der Waals surface area contributed by atoms with Crippen molar-refractivity contribution >= 4 is 23.1 Å².